The Kier molecular flexibility index (Phi) is 0.562. The molecule has 6 heavy (non-hydrogen) atoms. The van der Waals surface area contributed by atoms with Crippen molar-refractivity contribution in [2.75, 3.05) is 0 Å². The molecule has 1 nitrogen and oxygen atoms in total. The van der Waals surface area contributed by atoms with Gasteiger partial charge in [-0.25, -0.2) is 0 Å². The summed E-state index contributed by atoms with van der Waals surface area (Å²) in [6.07, 6.45) is 4.98. The van der Waals surface area contributed by atoms with E-state index in [2.05, 4.69) is 5.73 Å². The van der Waals surface area contributed by atoms with Crippen LogP contribution >= 0.6 is 0 Å². The van der Waals surface area contributed by atoms with E-state index in [0.717, 1.165) is 0 Å². The summed E-state index contributed by atoms with van der Waals surface area (Å²) in [5.74, 6) is 0.218. The van der Waals surface area contributed by atoms with E-state index >= 15 is 0 Å². The molecule has 0 bridgehead atoms. The lowest BCUT2D eigenvalue weighted by Crippen LogP contribution is -1.59. The highest BCUT2D eigenvalue weighted by Crippen LogP contribution is 1.93. The first kappa shape index (κ1) is 3.26. The predicted octanol–water partition coefficient (Wildman–Crippen LogP) is 1.15. The lowest BCUT2D eigenvalue weighted by atomic mass is 10.6. The van der Waals surface area contributed by atoms with Gasteiger partial charge >= 0.3 is 0 Å². The van der Waals surface area contributed by atoms with Gasteiger partial charge in [0.25, 0.3) is 0 Å². The van der Waals surface area contributed by atoms with Crippen LogP contribution in [0.2, 0.25) is 0 Å². The van der Waals surface area contributed by atoms with Gasteiger partial charge < -0.3 is 5.11 Å². The van der Waals surface area contributed by atoms with Gasteiger partial charge in [-0.3, -0.25) is 0 Å². The minimum absolute atomic E-state index is 0.218. The smallest absolute Gasteiger partial charge is 0.159 e. The van der Waals surface area contributed by atoms with Crippen LogP contribution in [-0.4, -0.2) is 5.11 Å². The van der Waals surface area contributed by atoms with Gasteiger partial charge in [0, 0.05) is 0 Å². The number of hydrogen-bond acceptors (Lipinski definition) is 1. The predicted molar refractivity (Wildman–Crippen MR) is 23.4 cm³/mol. The van der Waals surface area contributed by atoms with Crippen LogP contribution in [0.5, 0.6) is 0 Å². The molecule has 1 rings (SSSR count). The van der Waals surface area contributed by atoms with Crippen molar-refractivity contribution in [3.8, 4) is 0 Å². The van der Waals surface area contributed by atoms with Gasteiger partial charge in [0.15, 0.2) is 5.76 Å². The van der Waals surface area contributed by atoms with Crippen molar-refractivity contribution in [2.24, 2.45) is 0 Å². The Morgan fingerprint density at radius 2 is 2.50 bits per heavy atom. The Morgan fingerprint density at radius 3 is 2.67 bits per heavy atom. The first-order valence-electron chi connectivity index (χ1n) is 1.72. The van der Waals surface area contributed by atoms with Crippen LogP contribution in [0.25, 0.3) is 0 Å². The summed E-state index contributed by atoms with van der Waals surface area (Å²) < 4.78 is 0. The monoisotopic (exact) mass is 80.0 g/mol. The van der Waals surface area contributed by atoms with E-state index in [1.807, 2.05) is 0 Å². The molecule has 1 aliphatic rings. The van der Waals surface area contributed by atoms with Gasteiger partial charge in [0.2, 0.25) is 0 Å². The van der Waals surface area contributed by atoms with Gasteiger partial charge in [-0.05, 0) is 12.2 Å². The quantitative estimate of drug-likeness (QED) is 0.433. The Labute approximate surface area is 35.9 Å². The summed E-state index contributed by atoms with van der Waals surface area (Å²) in [7, 11) is 0. The molecule has 0 saturated carbocycles. The first-order chi connectivity index (χ1) is 2.89. The van der Waals surface area contributed by atoms with Crippen LogP contribution in [0.1, 0.15) is 0 Å². The molecule has 0 radical (unpaired) electrons. The normalized spacial score (nSPS) is 15.7. The van der Waals surface area contributed by atoms with Crippen molar-refractivity contribution in [1.29, 1.82) is 0 Å². The van der Waals surface area contributed by atoms with E-state index in [0.29, 0.717) is 0 Å². The van der Waals surface area contributed by atoms with E-state index in [-0.39, 0.29) is 5.76 Å². The van der Waals surface area contributed by atoms with Gasteiger partial charge in [0.05, 0.1) is 0 Å². The van der Waals surface area contributed by atoms with Crippen molar-refractivity contribution >= 4 is 0 Å². The summed E-state index contributed by atoms with van der Waals surface area (Å²) in [5, 5.41) is 8.42. The molecule has 0 aliphatic heterocycles. The molecule has 1 heteroatoms. The summed E-state index contributed by atoms with van der Waals surface area (Å²) in [4.78, 5) is 0. The van der Waals surface area contributed by atoms with Crippen molar-refractivity contribution in [2.45, 2.75) is 0 Å². The number of hydrogen-bond donors (Lipinski definition) is 1. The molecule has 0 atom stereocenters. The fourth-order valence-electron chi connectivity index (χ4n) is 0.321. The third kappa shape index (κ3) is 0.354. The zero-order valence-corrected chi connectivity index (χ0v) is 3.18. The molecule has 0 aromatic carbocycles. The Balaban J connectivity index is 2.98. The molecule has 0 saturated heterocycles. The van der Waals surface area contributed by atoms with Gasteiger partial charge in [-0.1, -0.05) is 11.8 Å². The molecule has 0 unspecified atom stereocenters. The standard InChI is InChI=1S/C5H4O/c6-5-3-1-2-4-5/h1-3,6H. The van der Waals surface area contributed by atoms with E-state index in [1.165, 1.54) is 0 Å². The fourth-order valence-corrected chi connectivity index (χ4v) is 0.321. The van der Waals surface area contributed by atoms with Gasteiger partial charge in [-0.2, -0.15) is 0 Å². The van der Waals surface area contributed by atoms with E-state index in [1.54, 1.807) is 18.2 Å². The molecule has 30 valence electrons. The molecule has 0 spiro atoms. The number of allylic oxidation sites excluding steroid dienone is 2. The highest BCUT2D eigenvalue weighted by molar-refractivity contribution is 5.22. The largest absolute Gasteiger partial charge is 0.501 e. The molecule has 1 aliphatic carbocycles. The zero-order valence-electron chi connectivity index (χ0n) is 3.18. The van der Waals surface area contributed by atoms with Crippen molar-refractivity contribution in [1.82, 2.24) is 0 Å². The minimum Gasteiger partial charge on any atom is -0.501 e. The van der Waals surface area contributed by atoms with E-state index in [9.17, 15) is 0 Å². The van der Waals surface area contributed by atoms with Crippen molar-refractivity contribution < 1.29 is 5.11 Å². The van der Waals surface area contributed by atoms with Crippen molar-refractivity contribution in [3.05, 3.63) is 29.7 Å². The number of aliphatic hydroxyl groups is 1. The van der Waals surface area contributed by atoms with Crippen LogP contribution in [0.15, 0.2) is 29.7 Å². The highest BCUT2D eigenvalue weighted by atomic mass is 16.3. The average Bonchev–Trinajstić information content (AvgIpc) is 1.86. The fraction of sp³-hybridized carbons (Fsp3) is 0. The van der Waals surface area contributed by atoms with Crippen LogP contribution in [-0.2, 0) is 0 Å². The lowest BCUT2D eigenvalue weighted by molar-refractivity contribution is 0.435. The molecule has 1 N–H and O–H groups in total. The topological polar surface area (TPSA) is 20.2 Å². The Hall–Kier alpha value is -0.940. The molecule has 0 heterocycles. The molecular weight excluding hydrogens is 76.1 g/mol. The van der Waals surface area contributed by atoms with E-state index < -0.39 is 0 Å². The summed E-state index contributed by atoms with van der Waals surface area (Å²) >= 11 is 0. The van der Waals surface area contributed by atoms with E-state index in [4.69, 9.17) is 5.11 Å². The Bertz CT molecular complexity index is 136. The maximum Gasteiger partial charge on any atom is 0.159 e. The van der Waals surface area contributed by atoms with Gasteiger partial charge in [-0.15, -0.1) is 0 Å². The second-order valence-electron chi connectivity index (χ2n) is 1.06. The molecule has 0 amide bonds. The molecule has 0 aromatic rings. The second-order valence-corrected chi connectivity index (χ2v) is 1.06. The van der Waals surface area contributed by atoms with Crippen LogP contribution < -0.4 is 0 Å². The average molecular weight is 80.1 g/mol. The number of rotatable bonds is 0. The third-order valence-corrected chi connectivity index (χ3v) is 0.582. The summed E-state index contributed by atoms with van der Waals surface area (Å²) in [6, 6.07) is 0. The summed E-state index contributed by atoms with van der Waals surface area (Å²) in [6.45, 7) is 0. The van der Waals surface area contributed by atoms with Gasteiger partial charge in [0.1, 0.15) is 0 Å². The van der Waals surface area contributed by atoms with Crippen LogP contribution in [0.3, 0.4) is 0 Å². The minimum atomic E-state index is 0.218. The Morgan fingerprint density at radius 1 is 1.67 bits per heavy atom. The third-order valence-electron chi connectivity index (χ3n) is 0.582. The second kappa shape index (κ2) is 1.04. The SMILES string of the molecule is OC1=C=CC=C1. The molecule has 0 aromatic heterocycles. The number of aliphatic hydroxyl groups excluding tert-OH is 1. The lowest BCUT2D eigenvalue weighted by Gasteiger charge is -1.70. The molecular formula is C5H4O. The van der Waals surface area contributed by atoms with Crippen LogP contribution in [0, 0.1) is 0 Å². The molecule has 0 fully saturated rings. The van der Waals surface area contributed by atoms with Crippen LogP contribution in [0.4, 0.5) is 0 Å². The first-order valence-corrected chi connectivity index (χ1v) is 1.72. The maximum atomic E-state index is 8.42. The maximum absolute atomic E-state index is 8.42. The highest BCUT2D eigenvalue weighted by Gasteiger charge is 1.80. The van der Waals surface area contributed by atoms with Crippen molar-refractivity contribution in [3.63, 3.8) is 0 Å². The summed E-state index contributed by atoms with van der Waals surface area (Å²) in [5.41, 5.74) is 2.56. The zero-order chi connectivity index (χ0) is 4.41.